The molecule has 290 valence electrons. The zero-order chi connectivity index (χ0) is 41.0. The van der Waals surface area contributed by atoms with E-state index < -0.39 is 0 Å². The van der Waals surface area contributed by atoms with Gasteiger partial charge in [-0.05, 0) is 68.8 Å². The second kappa shape index (κ2) is 15.2. The average molecular weight is 826 g/mol. The lowest BCUT2D eigenvalue weighted by Gasteiger charge is -2.13. The number of fused-ring (bicyclic) bond motifs is 6. The fraction of sp³-hybridized carbons (Fsp3) is 0. The first-order valence-electron chi connectivity index (χ1n) is 20.8. The Labute approximate surface area is 366 Å². The molecule has 3 nitrogen and oxygen atoms in total. The summed E-state index contributed by atoms with van der Waals surface area (Å²) in [7, 11) is 0. The summed E-state index contributed by atoms with van der Waals surface area (Å²) in [4.78, 5) is 16.0. The zero-order valence-electron chi connectivity index (χ0n) is 33.4. The molecule has 0 spiro atoms. The maximum Gasteiger partial charge on any atom is 0.165 e. The zero-order valence-corrected chi connectivity index (χ0v) is 35.0. The van der Waals surface area contributed by atoms with E-state index in [2.05, 4.69) is 194 Å². The normalized spacial score (nSPS) is 11.5. The van der Waals surface area contributed by atoms with Crippen molar-refractivity contribution >= 4 is 63.0 Å². The molecule has 0 aliphatic heterocycles. The van der Waals surface area contributed by atoms with Crippen molar-refractivity contribution in [3.8, 4) is 78.7 Å². The van der Waals surface area contributed by atoms with E-state index in [9.17, 15) is 0 Å². The van der Waals surface area contributed by atoms with Gasteiger partial charge in [-0.2, -0.15) is 0 Å². The molecule has 12 rings (SSSR count). The van der Waals surface area contributed by atoms with Gasteiger partial charge in [0.15, 0.2) is 17.5 Å². The van der Waals surface area contributed by atoms with Crippen molar-refractivity contribution in [3.63, 3.8) is 0 Å². The fourth-order valence-electron chi connectivity index (χ4n) is 8.99. The van der Waals surface area contributed by atoms with Gasteiger partial charge in [0.25, 0.3) is 0 Å². The van der Waals surface area contributed by atoms with Crippen LogP contribution in [0.1, 0.15) is 0 Å². The second-order valence-corrected chi connectivity index (χ2v) is 17.5. The Morgan fingerprint density at radius 2 is 0.613 bits per heavy atom. The van der Waals surface area contributed by atoms with Gasteiger partial charge < -0.3 is 0 Å². The standard InChI is InChI=1S/C57H35N3S2/c1-6-18-36(19-7-1)41-32-34-47-51(49(41)38-22-10-3-11-23-38)43-28-16-30-45(53(43)61-47)56-58-55(40-26-14-5-15-27-40)59-57(60-56)46-31-17-29-44-52-48(62-54(44)46)35-33-42(37-20-8-2-9-21-37)50(52)39-24-12-4-13-25-39/h1-35H. The molecule has 0 amide bonds. The number of hydrogen-bond acceptors (Lipinski definition) is 5. The third kappa shape index (κ3) is 6.13. The lowest BCUT2D eigenvalue weighted by molar-refractivity contribution is 1.08. The van der Waals surface area contributed by atoms with Crippen LogP contribution in [0.4, 0.5) is 0 Å². The molecule has 0 radical (unpaired) electrons. The molecule has 5 heteroatoms. The van der Waals surface area contributed by atoms with Gasteiger partial charge in [0, 0.05) is 57.0 Å². The SMILES string of the molecule is c1ccc(-c2nc(-c3cccc4c3sc3ccc(-c5ccccc5)c(-c5ccccc5)c34)nc(-c3cccc4c3sc3ccc(-c5ccccc5)c(-c5ccccc5)c34)n2)cc1. The van der Waals surface area contributed by atoms with Gasteiger partial charge in [-0.1, -0.05) is 188 Å². The van der Waals surface area contributed by atoms with Gasteiger partial charge >= 0.3 is 0 Å². The predicted octanol–water partition coefficient (Wildman–Crippen LogP) is 16.3. The number of rotatable bonds is 7. The first kappa shape index (κ1) is 36.3. The summed E-state index contributed by atoms with van der Waals surface area (Å²) in [6, 6.07) is 75.5. The molecular formula is C57H35N3S2. The highest BCUT2D eigenvalue weighted by Crippen LogP contribution is 2.49. The molecule has 0 unspecified atom stereocenters. The van der Waals surface area contributed by atoms with Crippen LogP contribution >= 0.6 is 22.7 Å². The molecule has 9 aromatic carbocycles. The monoisotopic (exact) mass is 825 g/mol. The molecule has 0 atom stereocenters. The van der Waals surface area contributed by atoms with Crippen molar-refractivity contribution in [2.24, 2.45) is 0 Å². The van der Waals surface area contributed by atoms with Gasteiger partial charge in [0.2, 0.25) is 0 Å². The molecule has 0 bridgehead atoms. The van der Waals surface area contributed by atoms with Gasteiger partial charge in [0.05, 0.1) is 0 Å². The highest BCUT2D eigenvalue weighted by atomic mass is 32.1. The summed E-state index contributed by atoms with van der Waals surface area (Å²) in [5.41, 5.74) is 12.6. The topological polar surface area (TPSA) is 38.7 Å². The third-order valence-electron chi connectivity index (χ3n) is 11.8. The Kier molecular flexibility index (Phi) is 8.87. The molecule has 3 heterocycles. The summed E-state index contributed by atoms with van der Waals surface area (Å²) in [6.07, 6.45) is 0. The number of thiophene rings is 2. The van der Waals surface area contributed by atoms with E-state index in [0.29, 0.717) is 17.5 Å². The lowest BCUT2D eigenvalue weighted by Crippen LogP contribution is -2.00. The van der Waals surface area contributed by atoms with Crippen LogP contribution in [0.15, 0.2) is 212 Å². The fourth-order valence-corrected chi connectivity index (χ4v) is 11.4. The largest absolute Gasteiger partial charge is 0.208 e. The Morgan fingerprint density at radius 1 is 0.258 bits per heavy atom. The minimum atomic E-state index is 0.648. The average Bonchev–Trinajstić information content (AvgIpc) is 3.93. The molecule has 0 aliphatic carbocycles. The Morgan fingerprint density at radius 3 is 1.02 bits per heavy atom. The van der Waals surface area contributed by atoms with Gasteiger partial charge in [-0.25, -0.2) is 15.0 Å². The van der Waals surface area contributed by atoms with Crippen LogP contribution < -0.4 is 0 Å². The maximum absolute atomic E-state index is 5.42. The van der Waals surface area contributed by atoms with Crippen LogP contribution in [-0.2, 0) is 0 Å². The summed E-state index contributed by atoms with van der Waals surface area (Å²) < 4.78 is 4.76. The van der Waals surface area contributed by atoms with E-state index in [1.807, 2.05) is 18.2 Å². The molecule has 62 heavy (non-hydrogen) atoms. The number of nitrogens with zero attached hydrogens (tertiary/aromatic N) is 3. The van der Waals surface area contributed by atoms with Gasteiger partial charge in [0.1, 0.15) is 0 Å². The van der Waals surface area contributed by atoms with Crippen LogP contribution in [0, 0.1) is 0 Å². The first-order valence-corrected chi connectivity index (χ1v) is 22.4. The van der Waals surface area contributed by atoms with E-state index in [4.69, 9.17) is 15.0 Å². The summed E-state index contributed by atoms with van der Waals surface area (Å²) in [6.45, 7) is 0. The van der Waals surface area contributed by atoms with Crippen molar-refractivity contribution < 1.29 is 0 Å². The smallest absolute Gasteiger partial charge is 0.165 e. The number of benzene rings is 9. The summed E-state index contributed by atoms with van der Waals surface area (Å²) in [5, 5.41) is 4.88. The lowest BCUT2D eigenvalue weighted by atomic mass is 9.90. The van der Waals surface area contributed by atoms with E-state index in [-0.39, 0.29) is 0 Å². The van der Waals surface area contributed by atoms with Crippen LogP contribution in [0.25, 0.3) is 119 Å². The Hall–Kier alpha value is -7.57. The maximum atomic E-state index is 5.42. The van der Waals surface area contributed by atoms with Gasteiger partial charge in [-0.15, -0.1) is 22.7 Å². The van der Waals surface area contributed by atoms with Crippen LogP contribution in [0.5, 0.6) is 0 Å². The van der Waals surface area contributed by atoms with Crippen LogP contribution in [0.2, 0.25) is 0 Å². The third-order valence-corrected chi connectivity index (χ3v) is 14.2. The molecule has 0 fully saturated rings. The Balaban J connectivity index is 1.10. The van der Waals surface area contributed by atoms with E-state index in [1.165, 1.54) is 75.5 Å². The van der Waals surface area contributed by atoms with E-state index in [0.717, 1.165) is 26.1 Å². The summed E-state index contributed by atoms with van der Waals surface area (Å²) >= 11 is 3.61. The molecule has 3 aromatic heterocycles. The molecule has 12 aromatic rings. The number of hydrogen-bond donors (Lipinski definition) is 0. The molecule has 0 aliphatic rings. The minimum Gasteiger partial charge on any atom is -0.208 e. The Bertz CT molecular complexity index is 3380. The van der Waals surface area contributed by atoms with Crippen LogP contribution in [0.3, 0.4) is 0 Å². The van der Waals surface area contributed by atoms with Gasteiger partial charge in [-0.3, -0.25) is 0 Å². The van der Waals surface area contributed by atoms with Crippen molar-refractivity contribution in [1.29, 1.82) is 0 Å². The molecule has 0 saturated heterocycles. The van der Waals surface area contributed by atoms with Crippen molar-refractivity contribution in [2.45, 2.75) is 0 Å². The second-order valence-electron chi connectivity index (χ2n) is 15.4. The molecular weight excluding hydrogens is 791 g/mol. The molecule has 0 N–H and O–H groups in total. The van der Waals surface area contributed by atoms with E-state index >= 15 is 0 Å². The molecule has 0 saturated carbocycles. The predicted molar refractivity (Wildman–Crippen MR) is 264 cm³/mol. The van der Waals surface area contributed by atoms with Crippen molar-refractivity contribution in [2.75, 3.05) is 0 Å². The van der Waals surface area contributed by atoms with E-state index in [1.54, 1.807) is 22.7 Å². The number of aromatic nitrogens is 3. The first-order chi connectivity index (χ1) is 30.8. The van der Waals surface area contributed by atoms with Crippen LogP contribution in [-0.4, -0.2) is 15.0 Å². The minimum absolute atomic E-state index is 0.648. The van der Waals surface area contributed by atoms with Crippen molar-refractivity contribution in [1.82, 2.24) is 15.0 Å². The van der Waals surface area contributed by atoms with Crippen molar-refractivity contribution in [3.05, 3.63) is 212 Å². The highest BCUT2D eigenvalue weighted by Gasteiger charge is 2.23. The quantitative estimate of drug-likeness (QED) is 0.161. The summed E-state index contributed by atoms with van der Waals surface area (Å²) in [5.74, 6) is 1.96. The highest BCUT2D eigenvalue weighted by molar-refractivity contribution is 7.27.